The average Bonchev–Trinajstić information content (AvgIpc) is 2.66. The minimum atomic E-state index is -0.444. The fourth-order valence-corrected chi connectivity index (χ4v) is 3.18. The monoisotopic (exact) mass is 327 g/mol. The van der Waals surface area contributed by atoms with E-state index in [2.05, 4.69) is 20.9 Å². The lowest BCUT2D eigenvalue weighted by Gasteiger charge is -2.29. The van der Waals surface area contributed by atoms with Gasteiger partial charge < -0.3 is 15.4 Å². The first-order chi connectivity index (χ1) is 9.08. The molecule has 4 nitrogen and oxygen atoms in total. The highest BCUT2D eigenvalue weighted by Gasteiger charge is 2.28. The van der Waals surface area contributed by atoms with E-state index < -0.39 is 6.10 Å². The summed E-state index contributed by atoms with van der Waals surface area (Å²) in [5, 5.41) is 10.1. The van der Waals surface area contributed by atoms with Crippen molar-refractivity contribution in [1.82, 2.24) is 9.55 Å². The number of aliphatic hydroxyl groups excluding tert-OH is 1. The quantitative estimate of drug-likeness (QED) is 0.846. The Labute approximate surface area is 118 Å². The summed E-state index contributed by atoms with van der Waals surface area (Å²) < 4.78 is 15.9. The normalized spacial score (nSPS) is 23.9. The molecule has 0 bridgehead atoms. The van der Waals surface area contributed by atoms with Crippen molar-refractivity contribution in [1.29, 1.82) is 0 Å². The van der Waals surface area contributed by atoms with Gasteiger partial charge in [-0.1, -0.05) is 12.8 Å². The van der Waals surface area contributed by atoms with Gasteiger partial charge in [-0.3, -0.25) is 0 Å². The molecule has 102 valence electrons. The van der Waals surface area contributed by atoms with Crippen LogP contribution in [-0.2, 0) is 0 Å². The standard InChI is InChI=1S/C13H15BrFN3O/c14-7-5-9-11(6-8(7)15)18(13(16)17-9)10-3-1-2-4-12(10)19/h5-6,10,12,19H,1-4H2,(H2,16,17). The predicted octanol–water partition coefficient (Wildman–Crippen LogP) is 3.00. The van der Waals surface area contributed by atoms with Gasteiger partial charge in [0.2, 0.25) is 5.95 Å². The predicted molar refractivity (Wildman–Crippen MR) is 75.3 cm³/mol. The van der Waals surface area contributed by atoms with Crippen molar-refractivity contribution in [3.05, 3.63) is 22.4 Å². The van der Waals surface area contributed by atoms with Crippen molar-refractivity contribution in [2.24, 2.45) is 0 Å². The molecular formula is C13H15BrFN3O. The Morgan fingerprint density at radius 2 is 2.11 bits per heavy atom. The maximum Gasteiger partial charge on any atom is 0.201 e. The first-order valence-electron chi connectivity index (χ1n) is 6.38. The molecule has 1 aromatic carbocycles. The molecule has 19 heavy (non-hydrogen) atoms. The van der Waals surface area contributed by atoms with Gasteiger partial charge in [0.25, 0.3) is 0 Å². The molecule has 0 amide bonds. The first kappa shape index (κ1) is 12.9. The molecular weight excluding hydrogens is 313 g/mol. The third kappa shape index (κ3) is 2.12. The second kappa shape index (κ2) is 4.76. The van der Waals surface area contributed by atoms with E-state index in [4.69, 9.17) is 5.73 Å². The number of anilines is 1. The van der Waals surface area contributed by atoms with Crippen molar-refractivity contribution in [2.45, 2.75) is 37.8 Å². The largest absolute Gasteiger partial charge is 0.391 e. The molecule has 1 aromatic heterocycles. The average molecular weight is 328 g/mol. The van der Waals surface area contributed by atoms with E-state index in [9.17, 15) is 9.50 Å². The van der Waals surface area contributed by atoms with Gasteiger partial charge in [-0.25, -0.2) is 9.37 Å². The van der Waals surface area contributed by atoms with Gasteiger partial charge >= 0.3 is 0 Å². The Kier molecular flexibility index (Phi) is 3.22. The van der Waals surface area contributed by atoms with Crippen LogP contribution >= 0.6 is 15.9 Å². The number of nitrogens with zero attached hydrogens (tertiary/aromatic N) is 2. The molecule has 0 saturated heterocycles. The van der Waals surface area contributed by atoms with Crippen molar-refractivity contribution < 1.29 is 9.50 Å². The molecule has 1 aliphatic rings. The Morgan fingerprint density at radius 1 is 1.37 bits per heavy atom. The number of nitrogens with two attached hydrogens (primary N) is 1. The molecule has 1 fully saturated rings. The maximum absolute atomic E-state index is 13.7. The minimum Gasteiger partial charge on any atom is -0.391 e. The third-order valence-corrected chi connectivity index (χ3v) is 4.39. The van der Waals surface area contributed by atoms with Gasteiger partial charge in [-0.15, -0.1) is 0 Å². The van der Waals surface area contributed by atoms with Crippen LogP contribution in [0.25, 0.3) is 11.0 Å². The molecule has 1 saturated carbocycles. The maximum atomic E-state index is 13.7. The van der Waals surface area contributed by atoms with Crippen LogP contribution in [0.4, 0.5) is 10.3 Å². The van der Waals surface area contributed by atoms with Crippen molar-refractivity contribution >= 4 is 32.9 Å². The van der Waals surface area contributed by atoms with Gasteiger partial charge in [0.05, 0.1) is 27.7 Å². The van der Waals surface area contributed by atoms with Gasteiger partial charge in [0, 0.05) is 6.07 Å². The highest BCUT2D eigenvalue weighted by atomic mass is 79.9. The Bertz CT molecular complexity index is 628. The summed E-state index contributed by atoms with van der Waals surface area (Å²) in [5.74, 6) is -0.0163. The van der Waals surface area contributed by atoms with Gasteiger partial charge in [0.15, 0.2) is 0 Å². The molecule has 0 aliphatic heterocycles. The number of imidazole rings is 1. The lowest BCUT2D eigenvalue weighted by Crippen LogP contribution is -2.28. The van der Waals surface area contributed by atoms with Crippen LogP contribution in [0.5, 0.6) is 0 Å². The van der Waals surface area contributed by atoms with Crippen LogP contribution in [0.3, 0.4) is 0 Å². The molecule has 6 heteroatoms. The number of benzene rings is 1. The van der Waals surface area contributed by atoms with Crippen LogP contribution in [0.2, 0.25) is 0 Å². The summed E-state index contributed by atoms with van der Waals surface area (Å²) in [6.07, 6.45) is 3.21. The number of rotatable bonds is 1. The summed E-state index contributed by atoms with van der Waals surface area (Å²) >= 11 is 3.14. The molecule has 1 aliphatic carbocycles. The molecule has 3 rings (SSSR count). The van der Waals surface area contributed by atoms with E-state index in [-0.39, 0.29) is 11.9 Å². The first-order valence-corrected chi connectivity index (χ1v) is 7.17. The van der Waals surface area contributed by atoms with Crippen LogP contribution in [-0.4, -0.2) is 20.8 Å². The van der Waals surface area contributed by atoms with Crippen LogP contribution in [0, 0.1) is 5.82 Å². The second-order valence-electron chi connectivity index (χ2n) is 5.01. The van der Waals surface area contributed by atoms with Gasteiger partial charge in [0.1, 0.15) is 5.82 Å². The van der Waals surface area contributed by atoms with Crippen LogP contribution in [0.15, 0.2) is 16.6 Å². The highest BCUT2D eigenvalue weighted by molar-refractivity contribution is 9.10. The van der Waals surface area contributed by atoms with E-state index in [0.717, 1.165) is 25.7 Å². The molecule has 1 heterocycles. The lowest BCUT2D eigenvalue weighted by atomic mass is 9.92. The third-order valence-electron chi connectivity index (χ3n) is 3.78. The fourth-order valence-electron chi connectivity index (χ4n) is 2.85. The van der Waals surface area contributed by atoms with Gasteiger partial charge in [-0.2, -0.15) is 0 Å². The summed E-state index contributed by atoms with van der Waals surface area (Å²) in [6, 6.07) is 2.93. The molecule has 2 atom stereocenters. The molecule has 0 radical (unpaired) electrons. The Hall–Kier alpha value is -1.14. The van der Waals surface area contributed by atoms with Gasteiger partial charge in [-0.05, 0) is 34.8 Å². The molecule has 3 N–H and O–H groups in total. The van der Waals surface area contributed by atoms with E-state index in [1.165, 1.54) is 6.07 Å². The number of aromatic nitrogens is 2. The van der Waals surface area contributed by atoms with E-state index in [0.29, 0.717) is 21.5 Å². The fraction of sp³-hybridized carbons (Fsp3) is 0.462. The smallest absolute Gasteiger partial charge is 0.201 e. The minimum absolute atomic E-state index is 0.112. The topological polar surface area (TPSA) is 64.1 Å². The SMILES string of the molecule is Nc1nc2cc(Br)c(F)cc2n1C1CCCCC1O. The molecule has 2 unspecified atom stereocenters. The van der Waals surface area contributed by atoms with Crippen molar-refractivity contribution in [3.63, 3.8) is 0 Å². The number of halogens is 2. The van der Waals surface area contributed by atoms with Crippen molar-refractivity contribution in [2.75, 3.05) is 5.73 Å². The summed E-state index contributed by atoms with van der Waals surface area (Å²) in [6.45, 7) is 0. The number of aliphatic hydroxyl groups is 1. The number of hydrogen-bond donors (Lipinski definition) is 2. The molecule has 2 aromatic rings. The van der Waals surface area contributed by atoms with Crippen LogP contribution < -0.4 is 5.73 Å². The van der Waals surface area contributed by atoms with Crippen molar-refractivity contribution in [3.8, 4) is 0 Å². The number of hydrogen-bond acceptors (Lipinski definition) is 3. The Morgan fingerprint density at radius 3 is 2.84 bits per heavy atom. The number of nitrogen functional groups attached to an aromatic ring is 1. The number of fused-ring (bicyclic) bond motifs is 1. The van der Waals surface area contributed by atoms with E-state index in [1.54, 1.807) is 10.6 Å². The lowest BCUT2D eigenvalue weighted by molar-refractivity contribution is 0.0783. The van der Waals surface area contributed by atoms with Crippen LogP contribution in [0.1, 0.15) is 31.7 Å². The zero-order chi connectivity index (χ0) is 13.6. The summed E-state index contributed by atoms with van der Waals surface area (Å²) in [7, 11) is 0. The van der Waals surface area contributed by atoms with E-state index in [1.807, 2.05) is 0 Å². The summed E-state index contributed by atoms with van der Waals surface area (Å²) in [4.78, 5) is 4.26. The zero-order valence-corrected chi connectivity index (χ0v) is 11.9. The second-order valence-corrected chi connectivity index (χ2v) is 5.87. The van der Waals surface area contributed by atoms with E-state index >= 15 is 0 Å². The summed E-state index contributed by atoms with van der Waals surface area (Å²) in [5.41, 5.74) is 7.23. The highest BCUT2D eigenvalue weighted by Crippen LogP contribution is 2.34. The molecule has 0 spiro atoms. The zero-order valence-electron chi connectivity index (χ0n) is 10.3. The Balaban J connectivity index is 2.16.